The van der Waals surface area contributed by atoms with Crippen LogP contribution in [0.3, 0.4) is 0 Å². The fourth-order valence-corrected chi connectivity index (χ4v) is 3.53. The molecule has 0 bridgehead atoms. The highest BCUT2D eigenvalue weighted by atomic mass is 16.5. The number of imidazole rings is 1. The number of hydrogen-bond acceptors (Lipinski definition) is 7. The molecule has 0 spiro atoms. The van der Waals surface area contributed by atoms with E-state index in [1.54, 1.807) is 0 Å². The number of hydrogen-bond donors (Lipinski definition) is 3. The van der Waals surface area contributed by atoms with E-state index in [0.29, 0.717) is 23.1 Å². The molecule has 5 rings (SSSR count). The number of rotatable bonds is 7. The number of nitrogens with one attached hydrogen (secondary N) is 3. The average molecular weight is 407 g/mol. The number of H-pyrrole nitrogens is 1. The SMILES string of the molecule is O=C(NC1CC1)c1ccc(-c2nc3ncnc(NCCN4CCOCC4)c3[nH]2)cc1. The highest BCUT2D eigenvalue weighted by Crippen LogP contribution is 2.24. The Labute approximate surface area is 174 Å². The van der Waals surface area contributed by atoms with Crippen LogP contribution in [0.25, 0.3) is 22.6 Å². The van der Waals surface area contributed by atoms with Crippen molar-refractivity contribution >= 4 is 22.9 Å². The Bertz CT molecular complexity index is 1020. The molecule has 2 aliphatic rings. The number of carbonyl (C=O) groups is 1. The molecule has 1 amide bonds. The fraction of sp³-hybridized carbons (Fsp3) is 0.429. The first kappa shape index (κ1) is 19.0. The van der Waals surface area contributed by atoms with Gasteiger partial charge in [-0.1, -0.05) is 12.1 Å². The molecule has 1 saturated carbocycles. The summed E-state index contributed by atoms with van der Waals surface area (Å²) >= 11 is 0. The zero-order valence-electron chi connectivity index (χ0n) is 16.7. The van der Waals surface area contributed by atoms with Gasteiger partial charge >= 0.3 is 0 Å². The van der Waals surface area contributed by atoms with E-state index in [1.807, 2.05) is 24.3 Å². The zero-order valence-corrected chi connectivity index (χ0v) is 16.7. The van der Waals surface area contributed by atoms with Gasteiger partial charge in [-0.2, -0.15) is 0 Å². The smallest absolute Gasteiger partial charge is 0.251 e. The summed E-state index contributed by atoms with van der Waals surface area (Å²) in [4.78, 5) is 31.1. The van der Waals surface area contributed by atoms with Crippen molar-refractivity contribution in [1.29, 1.82) is 0 Å². The number of ether oxygens (including phenoxy) is 1. The van der Waals surface area contributed by atoms with Gasteiger partial charge in [-0.05, 0) is 25.0 Å². The Morgan fingerprint density at radius 2 is 1.97 bits per heavy atom. The molecule has 1 aromatic carbocycles. The van der Waals surface area contributed by atoms with Crippen molar-refractivity contribution in [2.24, 2.45) is 0 Å². The summed E-state index contributed by atoms with van der Waals surface area (Å²) in [5.74, 6) is 1.43. The number of benzene rings is 1. The Morgan fingerprint density at radius 3 is 2.73 bits per heavy atom. The van der Waals surface area contributed by atoms with Crippen LogP contribution in [0.15, 0.2) is 30.6 Å². The number of fused-ring (bicyclic) bond motifs is 1. The van der Waals surface area contributed by atoms with Crippen LogP contribution in [0.1, 0.15) is 23.2 Å². The second-order valence-electron chi connectivity index (χ2n) is 7.71. The summed E-state index contributed by atoms with van der Waals surface area (Å²) < 4.78 is 5.39. The standard InChI is InChI=1S/C21H25N7O2/c29-21(25-16-5-6-16)15-3-1-14(2-4-15)18-26-17-19(23-13-24-20(17)27-18)22-7-8-28-9-11-30-12-10-28/h1-4,13,16H,5-12H2,(H,25,29)(H2,22,23,24,26,27). The van der Waals surface area contributed by atoms with Crippen LogP contribution in [0, 0.1) is 0 Å². The molecule has 156 valence electrons. The maximum Gasteiger partial charge on any atom is 0.251 e. The van der Waals surface area contributed by atoms with Crippen LogP contribution < -0.4 is 10.6 Å². The molecule has 3 heterocycles. The van der Waals surface area contributed by atoms with E-state index in [1.165, 1.54) is 6.33 Å². The third-order valence-corrected chi connectivity index (χ3v) is 5.45. The van der Waals surface area contributed by atoms with Crippen molar-refractivity contribution in [3.05, 3.63) is 36.2 Å². The minimum atomic E-state index is -0.0220. The van der Waals surface area contributed by atoms with Gasteiger partial charge in [-0.25, -0.2) is 15.0 Å². The van der Waals surface area contributed by atoms with E-state index < -0.39 is 0 Å². The maximum atomic E-state index is 12.2. The molecule has 2 fully saturated rings. The molecule has 9 heteroatoms. The number of carbonyl (C=O) groups excluding carboxylic acids is 1. The second-order valence-corrected chi connectivity index (χ2v) is 7.71. The predicted octanol–water partition coefficient (Wildman–Crippen LogP) is 1.66. The lowest BCUT2D eigenvalue weighted by molar-refractivity contribution is 0.0398. The number of aromatic amines is 1. The molecular formula is C21H25N7O2. The molecule has 2 aromatic heterocycles. The normalized spacial score (nSPS) is 17.2. The Kier molecular flexibility index (Phi) is 5.29. The number of nitrogens with zero attached hydrogens (tertiary/aromatic N) is 4. The molecule has 0 unspecified atom stereocenters. The van der Waals surface area contributed by atoms with Gasteiger partial charge in [0.1, 0.15) is 17.7 Å². The molecule has 3 N–H and O–H groups in total. The van der Waals surface area contributed by atoms with Crippen molar-refractivity contribution < 1.29 is 9.53 Å². The molecule has 3 aromatic rings. The first-order valence-electron chi connectivity index (χ1n) is 10.4. The molecule has 0 atom stereocenters. The highest BCUT2D eigenvalue weighted by Gasteiger charge is 2.23. The number of aromatic nitrogens is 4. The minimum Gasteiger partial charge on any atom is -0.379 e. The van der Waals surface area contributed by atoms with Crippen LogP contribution in [0.2, 0.25) is 0 Å². The van der Waals surface area contributed by atoms with Gasteiger partial charge < -0.3 is 20.4 Å². The van der Waals surface area contributed by atoms with Crippen LogP contribution in [-0.2, 0) is 4.74 Å². The van der Waals surface area contributed by atoms with Crippen LogP contribution >= 0.6 is 0 Å². The van der Waals surface area contributed by atoms with E-state index in [2.05, 4.69) is 35.5 Å². The Hall–Kier alpha value is -3.04. The summed E-state index contributed by atoms with van der Waals surface area (Å²) in [6, 6.07) is 7.80. The van der Waals surface area contributed by atoms with Gasteiger partial charge in [0.15, 0.2) is 11.5 Å². The van der Waals surface area contributed by atoms with E-state index in [9.17, 15) is 4.79 Å². The monoisotopic (exact) mass is 407 g/mol. The molecule has 30 heavy (non-hydrogen) atoms. The lowest BCUT2D eigenvalue weighted by Gasteiger charge is -2.26. The predicted molar refractivity (Wildman–Crippen MR) is 113 cm³/mol. The molecular weight excluding hydrogens is 382 g/mol. The molecule has 1 saturated heterocycles. The molecule has 1 aliphatic heterocycles. The summed E-state index contributed by atoms with van der Waals surface area (Å²) in [6.07, 6.45) is 3.68. The van der Waals surface area contributed by atoms with Gasteiger partial charge in [-0.15, -0.1) is 0 Å². The number of amides is 1. The summed E-state index contributed by atoms with van der Waals surface area (Å²) in [5, 5.41) is 6.39. The van der Waals surface area contributed by atoms with Crippen LogP contribution in [-0.4, -0.2) is 76.2 Å². The third-order valence-electron chi connectivity index (χ3n) is 5.45. The average Bonchev–Trinajstić information content (AvgIpc) is 3.49. The largest absolute Gasteiger partial charge is 0.379 e. The van der Waals surface area contributed by atoms with E-state index >= 15 is 0 Å². The first-order valence-corrected chi connectivity index (χ1v) is 10.4. The topological polar surface area (TPSA) is 108 Å². The van der Waals surface area contributed by atoms with E-state index in [4.69, 9.17) is 4.74 Å². The van der Waals surface area contributed by atoms with Crippen molar-refractivity contribution in [2.45, 2.75) is 18.9 Å². The van der Waals surface area contributed by atoms with Gasteiger partial charge in [-0.3, -0.25) is 9.69 Å². The first-order chi connectivity index (χ1) is 14.8. The zero-order chi connectivity index (χ0) is 20.3. The van der Waals surface area contributed by atoms with Gasteiger partial charge in [0.2, 0.25) is 0 Å². The number of anilines is 1. The molecule has 1 aliphatic carbocycles. The highest BCUT2D eigenvalue weighted by molar-refractivity contribution is 5.95. The van der Waals surface area contributed by atoms with Crippen molar-refractivity contribution in [2.75, 3.05) is 44.7 Å². The second kappa shape index (κ2) is 8.37. The quantitative estimate of drug-likeness (QED) is 0.547. The number of morpholine rings is 1. The molecule has 9 nitrogen and oxygen atoms in total. The molecule has 0 radical (unpaired) electrons. The third kappa shape index (κ3) is 4.27. The lowest BCUT2D eigenvalue weighted by Crippen LogP contribution is -2.39. The maximum absolute atomic E-state index is 12.2. The van der Waals surface area contributed by atoms with Crippen molar-refractivity contribution in [3.63, 3.8) is 0 Å². The summed E-state index contributed by atoms with van der Waals surface area (Å²) in [7, 11) is 0. The summed E-state index contributed by atoms with van der Waals surface area (Å²) in [6.45, 7) is 5.23. The van der Waals surface area contributed by atoms with E-state index in [0.717, 1.165) is 69.1 Å². The lowest BCUT2D eigenvalue weighted by atomic mass is 10.1. The minimum absolute atomic E-state index is 0.0220. The van der Waals surface area contributed by atoms with Crippen LogP contribution in [0.4, 0.5) is 5.82 Å². The van der Waals surface area contributed by atoms with Gasteiger partial charge in [0, 0.05) is 43.3 Å². The van der Waals surface area contributed by atoms with Gasteiger partial charge in [0.25, 0.3) is 5.91 Å². The van der Waals surface area contributed by atoms with Crippen molar-refractivity contribution in [1.82, 2.24) is 30.2 Å². The Morgan fingerprint density at radius 1 is 1.17 bits per heavy atom. The Balaban J connectivity index is 1.28. The van der Waals surface area contributed by atoms with Crippen LogP contribution in [0.5, 0.6) is 0 Å². The van der Waals surface area contributed by atoms with Crippen molar-refractivity contribution in [3.8, 4) is 11.4 Å². The fourth-order valence-electron chi connectivity index (χ4n) is 3.53. The van der Waals surface area contributed by atoms with Gasteiger partial charge in [0.05, 0.1) is 13.2 Å². The summed E-state index contributed by atoms with van der Waals surface area (Å²) in [5.41, 5.74) is 2.96. The van der Waals surface area contributed by atoms with E-state index in [-0.39, 0.29) is 5.91 Å².